The van der Waals surface area contributed by atoms with Crippen molar-refractivity contribution in [1.82, 2.24) is 10.2 Å². The van der Waals surface area contributed by atoms with E-state index < -0.39 is 6.04 Å². The first-order valence-electron chi connectivity index (χ1n) is 4.34. The molecular weight excluding hydrogens is 170 g/mol. The zero-order valence-electron chi connectivity index (χ0n) is 7.91. The number of rotatable bonds is 2. The Kier molecular flexibility index (Phi) is 2.87. The van der Waals surface area contributed by atoms with E-state index in [0.717, 1.165) is 0 Å². The molecule has 0 aromatic carbocycles. The van der Waals surface area contributed by atoms with Crippen molar-refractivity contribution in [2.24, 2.45) is 5.73 Å². The molecule has 3 N–H and O–H groups in total. The van der Waals surface area contributed by atoms with E-state index in [4.69, 9.17) is 5.73 Å². The van der Waals surface area contributed by atoms with E-state index in [1.54, 1.807) is 14.0 Å². The summed E-state index contributed by atoms with van der Waals surface area (Å²) in [6, 6.07) is -0.878. The number of nitrogens with two attached hydrogens (primary N) is 1. The van der Waals surface area contributed by atoms with Gasteiger partial charge in [0.25, 0.3) is 0 Å². The molecule has 0 aromatic rings. The van der Waals surface area contributed by atoms with Crippen molar-refractivity contribution in [2.45, 2.75) is 25.4 Å². The first-order valence-corrected chi connectivity index (χ1v) is 4.34. The van der Waals surface area contributed by atoms with Crippen LogP contribution in [0.25, 0.3) is 0 Å². The Balaban J connectivity index is 2.61. The van der Waals surface area contributed by atoms with Gasteiger partial charge in [-0.15, -0.1) is 0 Å². The molecule has 2 atom stereocenters. The van der Waals surface area contributed by atoms with Crippen molar-refractivity contribution >= 4 is 11.8 Å². The Bertz CT molecular complexity index is 227. The zero-order valence-corrected chi connectivity index (χ0v) is 7.91. The van der Waals surface area contributed by atoms with E-state index in [9.17, 15) is 9.59 Å². The first kappa shape index (κ1) is 9.98. The molecule has 0 radical (unpaired) electrons. The summed E-state index contributed by atoms with van der Waals surface area (Å²) >= 11 is 0. The van der Waals surface area contributed by atoms with Gasteiger partial charge in [0.15, 0.2) is 0 Å². The standard InChI is InChI=1S/C8H15N3O2/c1-5(9)8(13)11(2)6-3-4-10-7(6)12/h5-6H,3-4,9H2,1-2H3,(H,10,12)/t5-,6+/m0/s1. The van der Waals surface area contributed by atoms with Gasteiger partial charge >= 0.3 is 0 Å². The number of likely N-dealkylation sites (N-methyl/N-ethyl adjacent to an activating group) is 1. The molecule has 0 aromatic heterocycles. The molecule has 1 heterocycles. The smallest absolute Gasteiger partial charge is 0.242 e. The number of hydrogen-bond acceptors (Lipinski definition) is 3. The van der Waals surface area contributed by atoms with Gasteiger partial charge in [0.05, 0.1) is 6.04 Å². The van der Waals surface area contributed by atoms with Crippen LogP contribution in [0, 0.1) is 0 Å². The largest absolute Gasteiger partial charge is 0.354 e. The number of amides is 2. The van der Waals surface area contributed by atoms with Crippen LogP contribution in [0.2, 0.25) is 0 Å². The highest BCUT2D eigenvalue weighted by molar-refractivity contribution is 5.90. The number of nitrogens with one attached hydrogen (secondary N) is 1. The molecular formula is C8H15N3O2. The second-order valence-corrected chi connectivity index (χ2v) is 3.33. The maximum Gasteiger partial charge on any atom is 0.242 e. The molecule has 0 spiro atoms. The van der Waals surface area contributed by atoms with Crippen LogP contribution in [0.15, 0.2) is 0 Å². The summed E-state index contributed by atoms with van der Waals surface area (Å²) < 4.78 is 0. The van der Waals surface area contributed by atoms with Crippen molar-refractivity contribution in [3.8, 4) is 0 Å². The number of nitrogens with zero attached hydrogens (tertiary/aromatic N) is 1. The molecule has 1 saturated heterocycles. The third-order valence-electron chi connectivity index (χ3n) is 2.22. The van der Waals surface area contributed by atoms with Gasteiger partial charge in [-0.3, -0.25) is 9.59 Å². The average Bonchev–Trinajstić information content (AvgIpc) is 2.48. The Morgan fingerprint density at radius 2 is 2.38 bits per heavy atom. The fourth-order valence-electron chi connectivity index (χ4n) is 1.43. The highest BCUT2D eigenvalue weighted by atomic mass is 16.2. The third-order valence-corrected chi connectivity index (χ3v) is 2.22. The van der Waals surface area contributed by atoms with E-state index >= 15 is 0 Å². The maximum absolute atomic E-state index is 11.4. The van der Waals surface area contributed by atoms with E-state index in [0.29, 0.717) is 13.0 Å². The molecule has 1 rings (SSSR count). The Hall–Kier alpha value is -1.10. The molecule has 0 unspecified atom stereocenters. The van der Waals surface area contributed by atoms with Crippen LogP contribution in [-0.4, -0.2) is 42.4 Å². The minimum Gasteiger partial charge on any atom is -0.354 e. The molecule has 5 nitrogen and oxygen atoms in total. The fourth-order valence-corrected chi connectivity index (χ4v) is 1.43. The van der Waals surface area contributed by atoms with E-state index in [2.05, 4.69) is 5.32 Å². The van der Waals surface area contributed by atoms with Gasteiger partial charge in [-0.25, -0.2) is 0 Å². The van der Waals surface area contributed by atoms with Crippen LogP contribution in [0.5, 0.6) is 0 Å². The van der Waals surface area contributed by atoms with Gasteiger partial charge < -0.3 is 16.0 Å². The number of carbonyl (C=O) groups is 2. The lowest BCUT2D eigenvalue weighted by Crippen LogP contribution is -2.47. The van der Waals surface area contributed by atoms with Crippen LogP contribution in [-0.2, 0) is 9.59 Å². The van der Waals surface area contributed by atoms with Crippen molar-refractivity contribution in [3.63, 3.8) is 0 Å². The van der Waals surface area contributed by atoms with Gasteiger partial charge in [-0.2, -0.15) is 0 Å². The Morgan fingerprint density at radius 3 is 2.77 bits per heavy atom. The molecule has 1 aliphatic rings. The molecule has 1 aliphatic heterocycles. The van der Waals surface area contributed by atoms with Crippen LogP contribution in [0.1, 0.15) is 13.3 Å². The van der Waals surface area contributed by atoms with Crippen molar-refractivity contribution in [2.75, 3.05) is 13.6 Å². The highest BCUT2D eigenvalue weighted by Gasteiger charge is 2.31. The number of hydrogen-bond donors (Lipinski definition) is 2. The minimum absolute atomic E-state index is 0.0866. The summed E-state index contributed by atoms with van der Waals surface area (Å²) in [5.74, 6) is -0.279. The van der Waals surface area contributed by atoms with Gasteiger partial charge in [0.1, 0.15) is 6.04 Å². The molecule has 5 heteroatoms. The second kappa shape index (κ2) is 3.74. The molecule has 0 aliphatic carbocycles. The fraction of sp³-hybridized carbons (Fsp3) is 0.750. The topological polar surface area (TPSA) is 75.4 Å². The maximum atomic E-state index is 11.4. The quantitative estimate of drug-likeness (QED) is 0.560. The lowest BCUT2D eigenvalue weighted by Gasteiger charge is -2.23. The Labute approximate surface area is 77.3 Å². The van der Waals surface area contributed by atoms with Gasteiger partial charge in [-0.1, -0.05) is 0 Å². The zero-order chi connectivity index (χ0) is 10.0. The molecule has 2 amide bonds. The van der Waals surface area contributed by atoms with E-state index in [1.165, 1.54) is 4.90 Å². The van der Waals surface area contributed by atoms with Crippen LogP contribution in [0.3, 0.4) is 0 Å². The van der Waals surface area contributed by atoms with Crippen molar-refractivity contribution in [1.29, 1.82) is 0 Å². The van der Waals surface area contributed by atoms with Crippen molar-refractivity contribution in [3.05, 3.63) is 0 Å². The lowest BCUT2D eigenvalue weighted by atomic mass is 10.2. The molecule has 13 heavy (non-hydrogen) atoms. The summed E-state index contributed by atoms with van der Waals surface area (Å²) in [6.45, 7) is 2.26. The monoisotopic (exact) mass is 185 g/mol. The van der Waals surface area contributed by atoms with Gasteiger partial charge in [0.2, 0.25) is 11.8 Å². The second-order valence-electron chi connectivity index (χ2n) is 3.33. The predicted molar refractivity (Wildman–Crippen MR) is 47.8 cm³/mol. The lowest BCUT2D eigenvalue weighted by molar-refractivity contribution is -0.138. The number of carbonyl (C=O) groups excluding carboxylic acids is 2. The van der Waals surface area contributed by atoms with Crippen LogP contribution >= 0.6 is 0 Å². The third kappa shape index (κ3) is 1.98. The summed E-state index contributed by atoms with van der Waals surface area (Å²) in [4.78, 5) is 24.0. The van der Waals surface area contributed by atoms with E-state index in [-0.39, 0.29) is 17.9 Å². The van der Waals surface area contributed by atoms with Gasteiger partial charge in [-0.05, 0) is 13.3 Å². The highest BCUT2D eigenvalue weighted by Crippen LogP contribution is 2.08. The summed E-state index contributed by atoms with van der Waals surface area (Å²) in [6.07, 6.45) is 0.674. The predicted octanol–water partition coefficient (Wildman–Crippen LogP) is -1.32. The summed E-state index contributed by atoms with van der Waals surface area (Å²) in [5.41, 5.74) is 5.43. The summed E-state index contributed by atoms with van der Waals surface area (Å²) in [7, 11) is 1.61. The minimum atomic E-state index is -0.543. The molecule has 0 bridgehead atoms. The van der Waals surface area contributed by atoms with Crippen LogP contribution < -0.4 is 11.1 Å². The average molecular weight is 185 g/mol. The summed E-state index contributed by atoms with van der Waals surface area (Å²) in [5, 5.41) is 2.67. The van der Waals surface area contributed by atoms with Gasteiger partial charge in [0, 0.05) is 13.6 Å². The molecule has 74 valence electrons. The normalized spacial score (nSPS) is 23.9. The van der Waals surface area contributed by atoms with Crippen LogP contribution in [0.4, 0.5) is 0 Å². The molecule has 0 saturated carbocycles. The molecule has 1 fully saturated rings. The Morgan fingerprint density at radius 1 is 1.77 bits per heavy atom. The van der Waals surface area contributed by atoms with E-state index in [1.807, 2.05) is 0 Å². The first-order chi connectivity index (χ1) is 6.04. The SMILES string of the molecule is C[C@H](N)C(=O)N(C)[C@@H]1CCNC1=O. The van der Waals surface area contributed by atoms with Crippen molar-refractivity contribution < 1.29 is 9.59 Å².